The van der Waals surface area contributed by atoms with E-state index in [1.54, 1.807) is 17.2 Å². The molecular formula is C16H20F3N3O. The maximum absolute atomic E-state index is 12.8. The fraction of sp³-hybridized carbons (Fsp3) is 0.625. The molecule has 4 nitrogen and oxygen atoms in total. The summed E-state index contributed by atoms with van der Waals surface area (Å²) in [5.74, 6) is -0.422. The van der Waals surface area contributed by atoms with Crippen LogP contribution >= 0.6 is 0 Å². The van der Waals surface area contributed by atoms with E-state index in [4.69, 9.17) is 0 Å². The number of aryl methyl sites for hydroxylation is 1. The number of aromatic nitrogens is 1. The Hall–Kier alpha value is -1.63. The third-order valence-electron chi connectivity index (χ3n) is 4.49. The van der Waals surface area contributed by atoms with E-state index in [-0.39, 0.29) is 18.4 Å². The molecule has 3 rings (SSSR count). The van der Waals surface area contributed by atoms with E-state index in [1.165, 1.54) is 4.90 Å². The van der Waals surface area contributed by atoms with Crippen molar-refractivity contribution in [2.45, 2.75) is 31.9 Å². The topological polar surface area (TPSA) is 36.4 Å². The van der Waals surface area contributed by atoms with Crippen LogP contribution in [0.15, 0.2) is 18.3 Å². The van der Waals surface area contributed by atoms with Crippen molar-refractivity contribution in [3.8, 4) is 0 Å². The Kier molecular flexibility index (Phi) is 4.57. The lowest BCUT2D eigenvalue weighted by Gasteiger charge is -2.25. The molecule has 0 spiro atoms. The van der Waals surface area contributed by atoms with Crippen LogP contribution in [0.3, 0.4) is 0 Å². The molecule has 126 valence electrons. The highest BCUT2D eigenvalue weighted by Gasteiger charge is 2.38. The number of carbonyl (C=O) groups is 1. The zero-order chi connectivity index (χ0) is 16.4. The highest BCUT2D eigenvalue weighted by Crippen LogP contribution is 2.29. The third-order valence-corrected chi connectivity index (χ3v) is 4.49. The highest BCUT2D eigenvalue weighted by molar-refractivity contribution is 5.96. The number of alkyl halides is 3. The second kappa shape index (κ2) is 6.47. The van der Waals surface area contributed by atoms with Gasteiger partial charge in [0.25, 0.3) is 0 Å². The maximum Gasteiger partial charge on any atom is 0.401 e. The molecule has 0 N–H and O–H groups in total. The minimum Gasteiger partial charge on any atom is -0.310 e. The molecule has 0 aliphatic carbocycles. The zero-order valence-electron chi connectivity index (χ0n) is 12.9. The molecule has 1 unspecified atom stereocenters. The number of amides is 1. The summed E-state index contributed by atoms with van der Waals surface area (Å²) in [5.41, 5.74) is 1.73. The van der Waals surface area contributed by atoms with Gasteiger partial charge < -0.3 is 4.90 Å². The SMILES string of the molecule is O=C(C1CCN(CC(F)(F)F)C1)N1CCCCc2ncccc21. The van der Waals surface area contributed by atoms with E-state index < -0.39 is 12.7 Å². The van der Waals surface area contributed by atoms with Gasteiger partial charge in [0, 0.05) is 19.3 Å². The summed E-state index contributed by atoms with van der Waals surface area (Å²) in [4.78, 5) is 20.2. The fourth-order valence-corrected chi connectivity index (χ4v) is 3.43. The molecule has 0 bridgehead atoms. The zero-order valence-corrected chi connectivity index (χ0v) is 12.9. The molecule has 7 heteroatoms. The Labute approximate surface area is 133 Å². The lowest BCUT2D eigenvalue weighted by Crippen LogP contribution is -2.39. The summed E-state index contributed by atoms with van der Waals surface area (Å²) in [6.07, 6.45) is 0.691. The average molecular weight is 327 g/mol. The first-order valence-corrected chi connectivity index (χ1v) is 7.98. The van der Waals surface area contributed by atoms with E-state index >= 15 is 0 Å². The van der Waals surface area contributed by atoms with E-state index in [0.29, 0.717) is 19.5 Å². The minimum atomic E-state index is -4.21. The van der Waals surface area contributed by atoms with Crippen LogP contribution in [0, 0.1) is 5.92 Å². The summed E-state index contributed by atoms with van der Waals surface area (Å²) in [6.45, 7) is 0.191. The molecule has 1 aromatic heterocycles. The summed E-state index contributed by atoms with van der Waals surface area (Å²) < 4.78 is 37.5. The molecule has 2 aliphatic heterocycles. The predicted molar refractivity (Wildman–Crippen MR) is 80.1 cm³/mol. The van der Waals surface area contributed by atoms with Crippen molar-refractivity contribution in [3.63, 3.8) is 0 Å². The molecule has 1 amide bonds. The van der Waals surface area contributed by atoms with Crippen LogP contribution in [0.25, 0.3) is 0 Å². The number of anilines is 1. The van der Waals surface area contributed by atoms with Crippen LogP contribution < -0.4 is 4.90 Å². The monoisotopic (exact) mass is 327 g/mol. The molecule has 1 fully saturated rings. The van der Waals surface area contributed by atoms with E-state index in [0.717, 1.165) is 30.6 Å². The number of hydrogen-bond donors (Lipinski definition) is 0. The first-order chi connectivity index (χ1) is 10.9. The van der Waals surface area contributed by atoms with Crippen molar-refractivity contribution in [2.24, 2.45) is 5.92 Å². The Morgan fingerprint density at radius 1 is 1.30 bits per heavy atom. The standard InChI is InChI=1S/C16H20F3N3O/c17-16(18,19)11-21-9-6-12(10-21)15(23)22-8-2-1-4-13-14(22)5-3-7-20-13/h3,5,7,12H,1-2,4,6,8-11H2. The molecule has 0 radical (unpaired) electrons. The van der Waals surface area contributed by atoms with Gasteiger partial charge in [0.05, 0.1) is 23.8 Å². The van der Waals surface area contributed by atoms with Gasteiger partial charge in [0.2, 0.25) is 5.91 Å². The van der Waals surface area contributed by atoms with Gasteiger partial charge in [-0.1, -0.05) is 0 Å². The number of hydrogen-bond acceptors (Lipinski definition) is 3. The number of fused-ring (bicyclic) bond motifs is 1. The fourth-order valence-electron chi connectivity index (χ4n) is 3.43. The molecule has 0 aromatic carbocycles. The van der Waals surface area contributed by atoms with E-state index in [1.807, 2.05) is 6.07 Å². The second-order valence-electron chi connectivity index (χ2n) is 6.25. The van der Waals surface area contributed by atoms with Gasteiger partial charge >= 0.3 is 6.18 Å². The Bertz CT molecular complexity index is 576. The Balaban J connectivity index is 1.71. The first kappa shape index (κ1) is 16.2. The summed E-state index contributed by atoms with van der Waals surface area (Å²) in [6, 6.07) is 3.68. The molecule has 3 heterocycles. The van der Waals surface area contributed by atoms with Crippen LogP contribution in [0.2, 0.25) is 0 Å². The maximum atomic E-state index is 12.8. The van der Waals surface area contributed by atoms with E-state index in [9.17, 15) is 18.0 Å². The van der Waals surface area contributed by atoms with Gasteiger partial charge in [-0.25, -0.2) is 0 Å². The van der Waals surface area contributed by atoms with Crippen molar-refractivity contribution < 1.29 is 18.0 Å². The average Bonchev–Trinajstić information content (AvgIpc) is 2.83. The summed E-state index contributed by atoms with van der Waals surface area (Å²) in [5, 5.41) is 0. The smallest absolute Gasteiger partial charge is 0.310 e. The summed E-state index contributed by atoms with van der Waals surface area (Å²) >= 11 is 0. The van der Waals surface area contributed by atoms with Crippen LogP contribution in [0.5, 0.6) is 0 Å². The van der Waals surface area contributed by atoms with Crippen molar-refractivity contribution >= 4 is 11.6 Å². The second-order valence-corrected chi connectivity index (χ2v) is 6.25. The van der Waals surface area contributed by atoms with Crippen molar-refractivity contribution in [1.82, 2.24) is 9.88 Å². The van der Waals surface area contributed by atoms with Gasteiger partial charge in [-0.3, -0.25) is 14.7 Å². The van der Waals surface area contributed by atoms with Crippen LogP contribution in [-0.2, 0) is 11.2 Å². The number of halogens is 3. The Morgan fingerprint density at radius 3 is 2.91 bits per heavy atom. The Morgan fingerprint density at radius 2 is 2.13 bits per heavy atom. The van der Waals surface area contributed by atoms with E-state index in [2.05, 4.69) is 4.98 Å². The quantitative estimate of drug-likeness (QED) is 0.838. The molecule has 0 saturated carbocycles. The normalized spacial score (nSPS) is 22.7. The number of rotatable bonds is 2. The van der Waals surface area contributed by atoms with Gasteiger partial charge in [-0.15, -0.1) is 0 Å². The predicted octanol–water partition coefficient (Wildman–Crippen LogP) is 2.64. The number of nitrogens with zero attached hydrogens (tertiary/aromatic N) is 3. The molecule has 2 aliphatic rings. The minimum absolute atomic E-state index is 0.0641. The first-order valence-electron chi connectivity index (χ1n) is 7.98. The van der Waals surface area contributed by atoms with Gasteiger partial charge in [-0.2, -0.15) is 13.2 Å². The lowest BCUT2D eigenvalue weighted by molar-refractivity contribution is -0.144. The third kappa shape index (κ3) is 3.83. The highest BCUT2D eigenvalue weighted by atomic mass is 19.4. The van der Waals surface area contributed by atoms with Gasteiger partial charge in [0.15, 0.2) is 0 Å². The van der Waals surface area contributed by atoms with Crippen LogP contribution in [0.1, 0.15) is 25.0 Å². The molecule has 23 heavy (non-hydrogen) atoms. The van der Waals surface area contributed by atoms with Crippen LogP contribution in [0.4, 0.5) is 18.9 Å². The largest absolute Gasteiger partial charge is 0.401 e. The van der Waals surface area contributed by atoms with Gasteiger partial charge in [0.1, 0.15) is 0 Å². The van der Waals surface area contributed by atoms with Crippen LogP contribution in [-0.4, -0.2) is 48.1 Å². The number of carbonyl (C=O) groups excluding carboxylic acids is 1. The lowest BCUT2D eigenvalue weighted by atomic mass is 10.1. The molecule has 1 saturated heterocycles. The number of pyridine rings is 1. The number of likely N-dealkylation sites (tertiary alicyclic amines) is 1. The molecular weight excluding hydrogens is 307 g/mol. The summed E-state index contributed by atoms with van der Waals surface area (Å²) in [7, 11) is 0. The van der Waals surface area contributed by atoms with Crippen molar-refractivity contribution in [3.05, 3.63) is 24.0 Å². The van der Waals surface area contributed by atoms with Crippen molar-refractivity contribution in [1.29, 1.82) is 0 Å². The van der Waals surface area contributed by atoms with Gasteiger partial charge in [-0.05, 0) is 44.4 Å². The molecule has 1 atom stereocenters. The molecule has 1 aromatic rings. The van der Waals surface area contributed by atoms with Crippen molar-refractivity contribution in [2.75, 3.05) is 31.1 Å².